The van der Waals surface area contributed by atoms with Crippen molar-refractivity contribution in [1.82, 2.24) is 0 Å². The second-order valence-electron chi connectivity index (χ2n) is 5.53. The Morgan fingerprint density at radius 2 is 1.77 bits per heavy atom. The molecule has 0 atom stereocenters. The van der Waals surface area contributed by atoms with Gasteiger partial charge in [0, 0.05) is 24.5 Å². The summed E-state index contributed by atoms with van der Waals surface area (Å²) in [6.45, 7) is 2.09. The number of hydrogen-bond donors (Lipinski definition) is 1. The molecule has 1 aliphatic heterocycles. The van der Waals surface area contributed by atoms with Crippen molar-refractivity contribution in [3.63, 3.8) is 0 Å². The van der Waals surface area contributed by atoms with Crippen LogP contribution in [-0.2, 0) is 0 Å². The van der Waals surface area contributed by atoms with E-state index >= 15 is 0 Å². The predicted molar refractivity (Wildman–Crippen MR) is 86.9 cm³/mol. The summed E-state index contributed by atoms with van der Waals surface area (Å²) in [5.41, 5.74) is 1.85. The topological polar surface area (TPSA) is 32.3 Å². The molecule has 0 spiro atoms. The molecular formula is C18H19FN2O. The van der Waals surface area contributed by atoms with Crippen LogP contribution in [0.25, 0.3) is 0 Å². The lowest BCUT2D eigenvalue weighted by Gasteiger charge is -2.29. The van der Waals surface area contributed by atoms with Crippen molar-refractivity contribution in [3.8, 4) is 0 Å². The minimum Gasteiger partial charge on any atom is -0.371 e. The van der Waals surface area contributed by atoms with Crippen molar-refractivity contribution in [3.05, 3.63) is 59.9 Å². The lowest BCUT2D eigenvalue weighted by molar-refractivity contribution is 0.102. The molecule has 0 bridgehead atoms. The number of benzene rings is 2. The number of halogens is 1. The van der Waals surface area contributed by atoms with Gasteiger partial charge in [-0.1, -0.05) is 18.2 Å². The maximum atomic E-state index is 13.6. The third-order valence-electron chi connectivity index (χ3n) is 3.94. The van der Waals surface area contributed by atoms with E-state index in [1.54, 1.807) is 12.1 Å². The van der Waals surface area contributed by atoms with Gasteiger partial charge in [0.05, 0.1) is 5.56 Å². The zero-order valence-electron chi connectivity index (χ0n) is 12.4. The molecule has 0 unspecified atom stereocenters. The summed E-state index contributed by atoms with van der Waals surface area (Å²) >= 11 is 0. The maximum absolute atomic E-state index is 13.6. The minimum atomic E-state index is -0.507. The van der Waals surface area contributed by atoms with Crippen LogP contribution in [0, 0.1) is 5.82 Å². The van der Waals surface area contributed by atoms with Gasteiger partial charge < -0.3 is 10.2 Å². The molecule has 2 aromatic rings. The number of anilines is 2. The normalized spacial score (nSPS) is 14.7. The standard InChI is InChI=1S/C18H19FN2O/c19-17-10-3-2-9-16(17)18(22)20-14-7-6-8-15(13-14)21-11-4-1-5-12-21/h2-3,6-10,13H,1,4-5,11-12H2,(H,20,22). The highest BCUT2D eigenvalue weighted by molar-refractivity contribution is 6.04. The van der Waals surface area contributed by atoms with Gasteiger partial charge in [0.15, 0.2) is 0 Å². The first-order valence-electron chi connectivity index (χ1n) is 7.65. The molecule has 1 heterocycles. The highest BCUT2D eigenvalue weighted by atomic mass is 19.1. The summed E-state index contributed by atoms with van der Waals surface area (Å²) in [6.07, 6.45) is 3.68. The largest absolute Gasteiger partial charge is 0.371 e. The first-order valence-corrected chi connectivity index (χ1v) is 7.65. The van der Waals surface area contributed by atoms with Crippen LogP contribution in [0.2, 0.25) is 0 Å². The van der Waals surface area contributed by atoms with Crippen LogP contribution in [0.3, 0.4) is 0 Å². The maximum Gasteiger partial charge on any atom is 0.258 e. The second kappa shape index (κ2) is 6.60. The van der Waals surface area contributed by atoms with Crippen LogP contribution in [0.5, 0.6) is 0 Å². The molecule has 3 rings (SSSR count). The van der Waals surface area contributed by atoms with E-state index < -0.39 is 11.7 Å². The summed E-state index contributed by atoms with van der Waals surface area (Å²) < 4.78 is 13.6. The molecule has 1 fully saturated rings. The van der Waals surface area contributed by atoms with Crippen LogP contribution in [0.15, 0.2) is 48.5 Å². The quantitative estimate of drug-likeness (QED) is 0.926. The van der Waals surface area contributed by atoms with Crippen molar-refractivity contribution >= 4 is 17.3 Å². The van der Waals surface area contributed by atoms with Gasteiger partial charge in [-0.05, 0) is 49.6 Å². The van der Waals surface area contributed by atoms with Crippen LogP contribution in [0.1, 0.15) is 29.6 Å². The number of piperidine rings is 1. The number of hydrogen-bond acceptors (Lipinski definition) is 2. The van der Waals surface area contributed by atoms with Crippen LogP contribution in [0.4, 0.5) is 15.8 Å². The van der Waals surface area contributed by atoms with E-state index in [2.05, 4.69) is 10.2 Å². The Labute approximate surface area is 129 Å². The number of rotatable bonds is 3. The zero-order valence-corrected chi connectivity index (χ0v) is 12.4. The van der Waals surface area contributed by atoms with Crippen molar-refractivity contribution in [2.75, 3.05) is 23.3 Å². The SMILES string of the molecule is O=C(Nc1cccc(N2CCCCC2)c1)c1ccccc1F. The molecule has 22 heavy (non-hydrogen) atoms. The van der Waals surface area contributed by atoms with Crippen LogP contribution in [-0.4, -0.2) is 19.0 Å². The Balaban J connectivity index is 1.75. The van der Waals surface area contributed by atoms with E-state index in [4.69, 9.17) is 0 Å². The number of nitrogens with one attached hydrogen (secondary N) is 1. The van der Waals surface area contributed by atoms with E-state index in [9.17, 15) is 9.18 Å². The van der Waals surface area contributed by atoms with Crippen molar-refractivity contribution in [1.29, 1.82) is 0 Å². The zero-order chi connectivity index (χ0) is 15.4. The van der Waals surface area contributed by atoms with E-state index in [0.717, 1.165) is 18.8 Å². The lowest BCUT2D eigenvalue weighted by Crippen LogP contribution is -2.29. The molecule has 3 nitrogen and oxygen atoms in total. The summed E-state index contributed by atoms with van der Waals surface area (Å²) in [5.74, 6) is -0.930. The van der Waals surface area contributed by atoms with Crippen molar-refractivity contribution in [2.24, 2.45) is 0 Å². The third-order valence-corrected chi connectivity index (χ3v) is 3.94. The highest BCUT2D eigenvalue weighted by Gasteiger charge is 2.13. The molecular weight excluding hydrogens is 279 g/mol. The van der Waals surface area contributed by atoms with Gasteiger partial charge in [-0.15, -0.1) is 0 Å². The van der Waals surface area contributed by atoms with Gasteiger partial charge in [0.25, 0.3) is 5.91 Å². The molecule has 2 aromatic carbocycles. The molecule has 1 aliphatic rings. The first kappa shape index (κ1) is 14.6. The van der Waals surface area contributed by atoms with Gasteiger partial charge in [-0.3, -0.25) is 4.79 Å². The molecule has 0 aromatic heterocycles. The lowest BCUT2D eigenvalue weighted by atomic mass is 10.1. The van der Waals surface area contributed by atoms with Gasteiger partial charge in [0.1, 0.15) is 5.82 Å². The Kier molecular flexibility index (Phi) is 4.37. The molecule has 114 valence electrons. The van der Waals surface area contributed by atoms with Gasteiger partial charge >= 0.3 is 0 Å². The third kappa shape index (κ3) is 3.27. The minimum absolute atomic E-state index is 0.0610. The summed E-state index contributed by atoms with van der Waals surface area (Å²) in [7, 11) is 0. The molecule has 1 amide bonds. The average Bonchev–Trinajstić information content (AvgIpc) is 2.56. The molecule has 0 saturated carbocycles. The molecule has 1 N–H and O–H groups in total. The molecule has 0 radical (unpaired) electrons. The first-order chi connectivity index (χ1) is 10.7. The summed E-state index contributed by atoms with van der Waals surface area (Å²) in [5, 5.41) is 2.77. The Bertz CT molecular complexity index is 666. The Morgan fingerprint density at radius 3 is 2.55 bits per heavy atom. The monoisotopic (exact) mass is 298 g/mol. The van der Waals surface area contributed by atoms with Crippen LogP contribution < -0.4 is 10.2 Å². The number of carbonyl (C=O) groups is 1. The van der Waals surface area contributed by atoms with E-state index in [1.165, 1.54) is 31.4 Å². The fourth-order valence-corrected chi connectivity index (χ4v) is 2.78. The van der Waals surface area contributed by atoms with E-state index in [0.29, 0.717) is 5.69 Å². The number of carbonyl (C=O) groups excluding carboxylic acids is 1. The van der Waals surface area contributed by atoms with Crippen molar-refractivity contribution in [2.45, 2.75) is 19.3 Å². The molecule has 4 heteroatoms. The fraction of sp³-hybridized carbons (Fsp3) is 0.278. The summed E-state index contributed by atoms with van der Waals surface area (Å²) in [6, 6.07) is 13.7. The Morgan fingerprint density at radius 1 is 1.00 bits per heavy atom. The smallest absolute Gasteiger partial charge is 0.258 e. The summed E-state index contributed by atoms with van der Waals surface area (Å²) in [4.78, 5) is 14.5. The van der Waals surface area contributed by atoms with Gasteiger partial charge in [-0.2, -0.15) is 0 Å². The Hall–Kier alpha value is -2.36. The predicted octanol–water partition coefficient (Wildman–Crippen LogP) is 4.07. The fourth-order valence-electron chi connectivity index (χ4n) is 2.78. The van der Waals surface area contributed by atoms with Crippen molar-refractivity contribution < 1.29 is 9.18 Å². The number of nitrogens with zero attached hydrogens (tertiary/aromatic N) is 1. The van der Waals surface area contributed by atoms with Gasteiger partial charge in [-0.25, -0.2) is 4.39 Å². The van der Waals surface area contributed by atoms with Crippen LogP contribution >= 0.6 is 0 Å². The average molecular weight is 298 g/mol. The van der Waals surface area contributed by atoms with Gasteiger partial charge in [0.2, 0.25) is 0 Å². The second-order valence-corrected chi connectivity index (χ2v) is 5.53. The number of amides is 1. The van der Waals surface area contributed by atoms with E-state index in [-0.39, 0.29) is 5.56 Å². The highest BCUT2D eigenvalue weighted by Crippen LogP contribution is 2.23. The molecule has 1 saturated heterocycles. The van der Waals surface area contributed by atoms with E-state index in [1.807, 2.05) is 24.3 Å². The molecule has 0 aliphatic carbocycles.